The van der Waals surface area contributed by atoms with Crippen LogP contribution >= 0.6 is 11.6 Å². The van der Waals surface area contributed by atoms with Gasteiger partial charge in [-0.3, -0.25) is 4.79 Å². The monoisotopic (exact) mass is 501 g/mol. The zero-order chi connectivity index (χ0) is 24.1. The van der Waals surface area contributed by atoms with Crippen molar-refractivity contribution in [2.45, 2.75) is 56.9 Å². The molecule has 182 valence electrons. The Balaban J connectivity index is 1.23. The van der Waals surface area contributed by atoms with E-state index in [1.54, 1.807) is 30.3 Å². The molecule has 34 heavy (non-hydrogen) atoms. The van der Waals surface area contributed by atoms with Crippen LogP contribution in [0.2, 0.25) is 5.02 Å². The fourth-order valence-corrected chi connectivity index (χ4v) is 6.21. The second-order valence-corrected chi connectivity index (χ2v) is 11.6. The second-order valence-electron chi connectivity index (χ2n) is 9.08. The van der Waals surface area contributed by atoms with Crippen molar-refractivity contribution in [3.05, 3.63) is 59.6 Å². The third kappa shape index (κ3) is 5.99. The first-order chi connectivity index (χ1) is 16.4. The van der Waals surface area contributed by atoms with Crippen molar-refractivity contribution in [2.75, 3.05) is 18.8 Å². The Morgan fingerprint density at radius 2 is 1.85 bits per heavy atom. The van der Waals surface area contributed by atoms with E-state index in [4.69, 9.17) is 11.6 Å². The number of aromatic nitrogens is 2. The van der Waals surface area contributed by atoms with E-state index in [9.17, 15) is 13.2 Å². The Kier molecular flexibility index (Phi) is 7.94. The number of hydrogen-bond donors (Lipinski definition) is 0. The maximum atomic E-state index is 12.8. The highest BCUT2D eigenvalue weighted by Gasteiger charge is 2.24. The van der Waals surface area contributed by atoms with E-state index in [1.807, 2.05) is 23.4 Å². The van der Waals surface area contributed by atoms with Crippen LogP contribution in [0.5, 0.6) is 0 Å². The molecule has 0 atom stereocenters. The minimum atomic E-state index is -3.53. The van der Waals surface area contributed by atoms with Gasteiger partial charge in [0.1, 0.15) is 5.82 Å². The number of carbonyl (C=O) groups excluding carboxylic acids is 1. The van der Waals surface area contributed by atoms with Gasteiger partial charge < -0.3 is 9.47 Å². The predicted octanol–water partition coefficient (Wildman–Crippen LogP) is 5.13. The molecule has 2 heterocycles. The Morgan fingerprint density at radius 3 is 2.62 bits per heavy atom. The summed E-state index contributed by atoms with van der Waals surface area (Å²) in [4.78, 5) is 19.2. The van der Waals surface area contributed by atoms with E-state index in [1.165, 1.54) is 0 Å². The maximum Gasteiger partial charge on any atom is 0.223 e. The third-order valence-electron chi connectivity index (χ3n) is 6.81. The van der Waals surface area contributed by atoms with Crippen molar-refractivity contribution in [1.82, 2.24) is 14.5 Å². The van der Waals surface area contributed by atoms with E-state index < -0.39 is 9.84 Å². The summed E-state index contributed by atoms with van der Waals surface area (Å²) in [5, 5.41) is 2.32. The number of imidazole rings is 1. The van der Waals surface area contributed by atoms with E-state index in [0.717, 1.165) is 55.2 Å². The van der Waals surface area contributed by atoms with Gasteiger partial charge in [-0.1, -0.05) is 30.7 Å². The molecule has 1 aromatic heterocycles. The van der Waals surface area contributed by atoms with Gasteiger partial charge >= 0.3 is 0 Å². The average molecular weight is 502 g/mol. The van der Waals surface area contributed by atoms with Crippen molar-refractivity contribution < 1.29 is 13.2 Å². The van der Waals surface area contributed by atoms with Gasteiger partial charge in [0.15, 0.2) is 9.84 Å². The van der Waals surface area contributed by atoms with Gasteiger partial charge in [0.05, 0.1) is 10.6 Å². The number of halogens is 1. The molecular formula is C26H32ClN3O3S. The van der Waals surface area contributed by atoms with E-state index >= 15 is 0 Å². The van der Waals surface area contributed by atoms with Crippen LogP contribution in [0.3, 0.4) is 0 Å². The standard InChI is InChI=1S/C26H32ClN3O3S/c1-2-25-28-12-16-29(25)13-3-4-20-9-14-30(15-10-20)26(31)11-17-34(32,33)24-8-6-21-18-23(27)7-5-22(21)19-24/h5-8,12,16,18-20H,2-4,9-11,13-15,17H2,1H3. The van der Waals surface area contributed by atoms with Crippen LogP contribution in [0.15, 0.2) is 53.7 Å². The van der Waals surface area contributed by atoms with E-state index in [-0.39, 0.29) is 23.0 Å². The van der Waals surface area contributed by atoms with Crippen LogP contribution < -0.4 is 0 Å². The molecule has 1 saturated heterocycles. The first-order valence-corrected chi connectivity index (χ1v) is 14.1. The Hall–Kier alpha value is -2.38. The molecule has 0 bridgehead atoms. The molecule has 8 heteroatoms. The number of nitrogens with zero attached hydrogens (tertiary/aromatic N) is 3. The number of sulfone groups is 1. The number of amides is 1. The van der Waals surface area contributed by atoms with Crippen molar-refractivity contribution in [3.8, 4) is 0 Å². The van der Waals surface area contributed by atoms with Gasteiger partial charge in [0, 0.05) is 49.9 Å². The van der Waals surface area contributed by atoms with Crippen LogP contribution in [0.25, 0.3) is 10.8 Å². The van der Waals surface area contributed by atoms with Crippen LogP contribution in [0.1, 0.15) is 44.9 Å². The smallest absolute Gasteiger partial charge is 0.223 e. The number of likely N-dealkylation sites (tertiary alicyclic amines) is 1. The summed E-state index contributed by atoms with van der Waals surface area (Å²) in [7, 11) is -3.53. The first-order valence-electron chi connectivity index (χ1n) is 12.1. The number of fused-ring (bicyclic) bond motifs is 1. The summed E-state index contributed by atoms with van der Waals surface area (Å²) in [6, 6.07) is 10.4. The normalized spacial score (nSPS) is 15.2. The number of aryl methyl sites for hydroxylation is 2. The fraction of sp³-hybridized carbons (Fsp3) is 0.462. The quantitative estimate of drug-likeness (QED) is 0.407. The van der Waals surface area contributed by atoms with E-state index in [0.29, 0.717) is 24.0 Å². The molecule has 1 amide bonds. The summed E-state index contributed by atoms with van der Waals surface area (Å²) in [5.74, 6) is 1.51. The Morgan fingerprint density at radius 1 is 1.12 bits per heavy atom. The largest absolute Gasteiger partial charge is 0.343 e. The summed E-state index contributed by atoms with van der Waals surface area (Å²) in [6.45, 7) is 4.54. The Bertz CT molecular complexity index is 1250. The number of benzene rings is 2. The van der Waals surface area contributed by atoms with Gasteiger partial charge in [-0.25, -0.2) is 13.4 Å². The molecule has 0 N–H and O–H groups in total. The van der Waals surface area contributed by atoms with Gasteiger partial charge in [-0.05, 0) is 66.6 Å². The molecule has 4 rings (SSSR count). The predicted molar refractivity (Wildman–Crippen MR) is 136 cm³/mol. The molecular weight excluding hydrogens is 470 g/mol. The maximum absolute atomic E-state index is 12.8. The molecule has 0 spiro atoms. The number of rotatable bonds is 9. The third-order valence-corrected chi connectivity index (χ3v) is 8.76. The van der Waals surface area contributed by atoms with Crippen molar-refractivity contribution in [1.29, 1.82) is 0 Å². The van der Waals surface area contributed by atoms with Crippen LogP contribution in [0.4, 0.5) is 0 Å². The first kappa shape index (κ1) is 24.7. The fourth-order valence-electron chi connectivity index (χ4n) is 4.77. The molecule has 1 aliphatic heterocycles. The molecule has 0 aliphatic carbocycles. The molecule has 1 aliphatic rings. The van der Waals surface area contributed by atoms with Crippen molar-refractivity contribution in [3.63, 3.8) is 0 Å². The highest BCUT2D eigenvalue weighted by atomic mass is 35.5. The Labute approximate surface area is 206 Å². The molecule has 3 aromatic rings. The zero-order valence-corrected chi connectivity index (χ0v) is 21.2. The van der Waals surface area contributed by atoms with Crippen molar-refractivity contribution in [2.24, 2.45) is 5.92 Å². The second kappa shape index (κ2) is 10.9. The number of piperidine rings is 1. The van der Waals surface area contributed by atoms with Gasteiger partial charge in [0.25, 0.3) is 0 Å². The van der Waals surface area contributed by atoms with Crippen LogP contribution in [0, 0.1) is 5.92 Å². The summed E-state index contributed by atoms with van der Waals surface area (Å²) in [6.07, 6.45) is 9.08. The topological polar surface area (TPSA) is 72.3 Å². The molecule has 6 nitrogen and oxygen atoms in total. The van der Waals surface area contributed by atoms with E-state index in [2.05, 4.69) is 16.5 Å². The lowest BCUT2D eigenvalue weighted by Gasteiger charge is -2.32. The highest BCUT2D eigenvalue weighted by molar-refractivity contribution is 7.91. The number of carbonyl (C=O) groups is 1. The molecule has 0 unspecified atom stereocenters. The summed E-state index contributed by atoms with van der Waals surface area (Å²) >= 11 is 6.01. The summed E-state index contributed by atoms with van der Waals surface area (Å²) < 4.78 is 27.9. The zero-order valence-electron chi connectivity index (χ0n) is 19.6. The molecule has 2 aromatic carbocycles. The minimum absolute atomic E-state index is 0.0199. The van der Waals surface area contributed by atoms with Gasteiger partial charge in [-0.2, -0.15) is 0 Å². The van der Waals surface area contributed by atoms with Crippen LogP contribution in [-0.2, 0) is 27.6 Å². The summed E-state index contributed by atoms with van der Waals surface area (Å²) in [5.41, 5.74) is 0. The lowest BCUT2D eigenvalue weighted by molar-refractivity contribution is -0.132. The van der Waals surface area contributed by atoms with Gasteiger partial charge in [-0.15, -0.1) is 0 Å². The average Bonchev–Trinajstić information content (AvgIpc) is 3.30. The lowest BCUT2D eigenvalue weighted by atomic mass is 9.92. The minimum Gasteiger partial charge on any atom is -0.343 e. The molecule has 1 fully saturated rings. The van der Waals surface area contributed by atoms with Gasteiger partial charge in [0.2, 0.25) is 5.91 Å². The molecule has 0 radical (unpaired) electrons. The number of hydrogen-bond acceptors (Lipinski definition) is 4. The molecule has 0 saturated carbocycles. The lowest BCUT2D eigenvalue weighted by Crippen LogP contribution is -2.39. The highest BCUT2D eigenvalue weighted by Crippen LogP contribution is 2.25. The SMILES string of the molecule is CCc1nccn1CCCC1CCN(C(=O)CCS(=O)(=O)c2ccc3cc(Cl)ccc3c2)CC1. The van der Waals surface area contributed by atoms with Crippen LogP contribution in [-0.4, -0.2) is 47.6 Å². The van der Waals surface area contributed by atoms with Crippen molar-refractivity contribution >= 4 is 38.1 Å².